The molecule has 0 unspecified atom stereocenters. The molecule has 0 spiro atoms. The Morgan fingerprint density at radius 3 is 2.14 bits per heavy atom. The first-order chi connectivity index (χ1) is 16.5. The van der Waals surface area contributed by atoms with Crippen LogP contribution in [0, 0.1) is 50.7 Å². The third-order valence-corrected chi connectivity index (χ3v) is 13.6. The van der Waals surface area contributed by atoms with E-state index in [-0.39, 0.29) is 34.0 Å². The van der Waals surface area contributed by atoms with Crippen LogP contribution in [-0.2, 0) is 9.59 Å². The first-order valence-electron chi connectivity index (χ1n) is 14.1. The van der Waals surface area contributed by atoms with Crippen LogP contribution < -0.4 is 0 Å². The predicted molar refractivity (Wildman–Crippen MR) is 136 cm³/mol. The lowest BCUT2D eigenvalue weighted by molar-refractivity contribution is -0.224. The molecule has 202 valence electrons. The van der Waals surface area contributed by atoms with Gasteiger partial charge < -0.3 is 20.4 Å². The highest BCUT2D eigenvalue weighted by molar-refractivity contribution is 5.77. The van der Waals surface area contributed by atoms with Gasteiger partial charge in [0.1, 0.15) is 0 Å². The number of carboxylic acids is 2. The van der Waals surface area contributed by atoms with Gasteiger partial charge in [0.25, 0.3) is 0 Å². The van der Waals surface area contributed by atoms with Gasteiger partial charge in [-0.3, -0.25) is 9.59 Å². The van der Waals surface area contributed by atoms with Crippen molar-refractivity contribution in [2.45, 2.75) is 111 Å². The average Bonchev–Trinajstić information content (AvgIpc) is 2.79. The van der Waals surface area contributed by atoms with E-state index in [9.17, 15) is 30.0 Å². The second-order valence-corrected chi connectivity index (χ2v) is 14.5. The molecule has 5 rings (SSSR count). The minimum absolute atomic E-state index is 0.0214. The van der Waals surface area contributed by atoms with Crippen LogP contribution in [0.15, 0.2) is 11.6 Å². The second kappa shape index (κ2) is 7.59. The molecule has 5 aliphatic rings. The molecular weight excluding hydrogens is 456 g/mol. The Morgan fingerprint density at radius 2 is 1.53 bits per heavy atom. The van der Waals surface area contributed by atoms with Crippen LogP contribution >= 0.6 is 0 Å². The molecule has 4 N–H and O–H groups in total. The van der Waals surface area contributed by atoms with E-state index >= 15 is 0 Å². The van der Waals surface area contributed by atoms with Crippen molar-refractivity contribution in [3.63, 3.8) is 0 Å². The van der Waals surface area contributed by atoms with Gasteiger partial charge in [-0.15, -0.1) is 0 Å². The standard InChI is InChI=1S/C30H46O6/c1-17-9-14-30(24(34)35)16-15-26(3)18(22(30)29(17,6)36)7-8-19-25(2)12-11-21(31)28(5,23(32)33)20(25)10-13-27(19,26)4/h7,17,19-22,31,36H,8-16H2,1-6H3,(H,32,33)(H,34,35)/t17-,19-,20-,21+,22+,25-,26-,27-,28-,29-,30+/m1/s1. The molecule has 5 aliphatic carbocycles. The van der Waals surface area contributed by atoms with Gasteiger partial charge in [0, 0.05) is 5.92 Å². The molecule has 4 fully saturated rings. The number of fused-ring (bicyclic) bond motifs is 7. The molecule has 0 aromatic heterocycles. The number of aliphatic hydroxyl groups is 2. The number of aliphatic carboxylic acids is 2. The van der Waals surface area contributed by atoms with E-state index in [1.807, 2.05) is 6.92 Å². The maximum absolute atomic E-state index is 12.8. The Hall–Kier alpha value is -1.40. The average molecular weight is 503 g/mol. The SMILES string of the molecule is C[C@@H]1CC[C@]2(C(=O)O)CC[C@]3(C)C(=CC[C@@H]4[C@@]5(C)CC[C@H](O)[C@](C)(C(=O)O)[C@@H]5CC[C@]43C)[C@H]2[C@]1(C)O. The fourth-order valence-electron chi connectivity index (χ4n) is 10.8. The summed E-state index contributed by atoms with van der Waals surface area (Å²) < 4.78 is 0. The van der Waals surface area contributed by atoms with Crippen molar-refractivity contribution >= 4 is 11.9 Å². The van der Waals surface area contributed by atoms with Crippen LogP contribution in [0.2, 0.25) is 0 Å². The van der Waals surface area contributed by atoms with Gasteiger partial charge in [-0.25, -0.2) is 0 Å². The number of hydrogen-bond donors (Lipinski definition) is 4. The maximum atomic E-state index is 12.8. The topological polar surface area (TPSA) is 115 Å². The predicted octanol–water partition coefficient (Wildman–Crippen LogP) is 5.27. The molecule has 4 saturated carbocycles. The normalized spacial score (nSPS) is 56.3. The summed E-state index contributed by atoms with van der Waals surface area (Å²) in [5.74, 6) is -1.93. The second-order valence-electron chi connectivity index (χ2n) is 14.5. The van der Waals surface area contributed by atoms with Crippen LogP contribution in [0.25, 0.3) is 0 Å². The fraction of sp³-hybridized carbons (Fsp3) is 0.867. The van der Waals surface area contributed by atoms with Crippen molar-refractivity contribution in [1.29, 1.82) is 0 Å². The van der Waals surface area contributed by atoms with Crippen molar-refractivity contribution in [3.8, 4) is 0 Å². The zero-order valence-electron chi connectivity index (χ0n) is 22.9. The molecule has 0 amide bonds. The van der Waals surface area contributed by atoms with Crippen LogP contribution in [-0.4, -0.2) is 44.1 Å². The molecule has 0 aromatic rings. The lowest BCUT2D eigenvalue weighted by atomic mass is 9.33. The Bertz CT molecular complexity index is 1020. The van der Waals surface area contributed by atoms with E-state index < -0.39 is 40.4 Å². The van der Waals surface area contributed by atoms with Gasteiger partial charge in [0.15, 0.2) is 0 Å². The van der Waals surface area contributed by atoms with Crippen LogP contribution in [0.3, 0.4) is 0 Å². The number of rotatable bonds is 2. The summed E-state index contributed by atoms with van der Waals surface area (Å²) in [5.41, 5.74) is -2.66. The molecule has 6 heteroatoms. The summed E-state index contributed by atoms with van der Waals surface area (Å²) in [6.45, 7) is 12.6. The number of allylic oxidation sites excluding steroid dienone is 1. The van der Waals surface area contributed by atoms with Crippen molar-refractivity contribution in [3.05, 3.63) is 11.6 Å². The maximum Gasteiger partial charge on any atom is 0.312 e. The molecule has 0 heterocycles. The van der Waals surface area contributed by atoms with E-state index in [1.54, 1.807) is 6.92 Å². The molecule has 11 atom stereocenters. The molecule has 0 aliphatic heterocycles. The van der Waals surface area contributed by atoms with E-state index in [1.165, 1.54) is 0 Å². The van der Waals surface area contributed by atoms with Gasteiger partial charge in [0.2, 0.25) is 0 Å². The monoisotopic (exact) mass is 502 g/mol. The summed E-state index contributed by atoms with van der Waals surface area (Å²) >= 11 is 0. The van der Waals surface area contributed by atoms with E-state index in [0.29, 0.717) is 19.3 Å². The number of carboxylic acid groups (broad SMARTS) is 2. The highest BCUT2D eigenvalue weighted by Gasteiger charge is 2.72. The summed E-state index contributed by atoms with van der Waals surface area (Å²) in [4.78, 5) is 25.4. The minimum Gasteiger partial charge on any atom is -0.481 e. The summed E-state index contributed by atoms with van der Waals surface area (Å²) in [5, 5.41) is 43.5. The third-order valence-electron chi connectivity index (χ3n) is 13.6. The molecule has 6 nitrogen and oxygen atoms in total. The summed E-state index contributed by atoms with van der Waals surface area (Å²) in [6.07, 6.45) is 7.77. The fourth-order valence-corrected chi connectivity index (χ4v) is 10.8. The molecule has 0 saturated heterocycles. The molecule has 0 bridgehead atoms. The van der Waals surface area contributed by atoms with Gasteiger partial charge in [-0.2, -0.15) is 0 Å². The van der Waals surface area contributed by atoms with Crippen LogP contribution in [0.4, 0.5) is 0 Å². The Balaban J connectivity index is 1.64. The smallest absolute Gasteiger partial charge is 0.312 e. The van der Waals surface area contributed by atoms with Gasteiger partial charge in [-0.05, 0) is 106 Å². The summed E-state index contributed by atoms with van der Waals surface area (Å²) in [6, 6.07) is 0. The zero-order valence-corrected chi connectivity index (χ0v) is 22.9. The first-order valence-corrected chi connectivity index (χ1v) is 14.1. The Labute approximate surface area is 215 Å². The van der Waals surface area contributed by atoms with Gasteiger partial charge >= 0.3 is 11.9 Å². The highest BCUT2D eigenvalue weighted by Crippen LogP contribution is 2.76. The highest BCUT2D eigenvalue weighted by atomic mass is 16.4. The minimum atomic E-state index is -1.16. The van der Waals surface area contributed by atoms with Crippen molar-refractivity contribution in [2.24, 2.45) is 50.7 Å². The van der Waals surface area contributed by atoms with E-state index in [2.05, 4.69) is 33.8 Å². The molecule has 0 radical (unpaired) electrons. The Kier molecular flexibility index (Phi) is 5.53. The first kappa shape index (κ1) is 26.2. The van der Waals surface area contributed by atoms with Crippen LogP contribution in [0.5, 0.6) is 0 Å². The quantitative estimate of drug-likeness (QED) is 0.383. The third kappa shape index (κ3) is 2.81. The lowest BCUT2D eigenvalue weighted by Gasteiger charge is -2.71. The van der Waals surface area contributed by atoms with Gasteiger partial charge in [-0.1, -0.05) is 39.3 Å². The molecule has 0 aromatic carbocycles. The van der Waals surface area contributed by atoms with Crippen molar-refractivity contribution in [2.75, 3.05) is 0 Å². The van der Waals surface area contributed by atoms with Crippen LogP contribution in [0.1, 0.15) is 99.3 Å². The van der Waals surface area contributed by atoms with Gasteiger partial charge in [0.05, 0.1) is 22.5 Å². The summed E-state index contributed by atoms with van der Waals surface area (Å²) in [7, 11) is 0. The number of carbonyl (C=O) groups is 2. The number of aliphatic hydroxyl groups excluding tert-OH is 1. The zero-order chi connectivity index (χ0) is 26.7. The van der Waals surface area contributed by atoms with E-state index in [4.69, 9.17) is 0 Å². The van der Waals surface area contributed by atoms with Crippen molar-refractivity contribution in [1.82, 2.24) is 0 Å². The van der Waals surface area contributed by atoms with Crippen molar-refractivity contribution < 1.29 is 30.0 Å². The lowest BCUT2D eigenvalue weighted by Crippen LogP contribution is -2.68. The number of hydrogen-bond acceptors (Lipinski definition) is 4. The Morgan fingerprint density at radius 1 is 0.861 bits per heavy atom. The largest absolute Gasteiger partial charge is 0.481 e. The molecule has 36 heavy (non-hydrogen) atoms. The van der Waals surface area contributed by atoms with E-state index in [0.717, 1.165) is 44.1 Å². The molecular formula is C30H46O6.